The Kier molecular flexibility index (Phi) is 5.31. The Labute approximate surface area is 150 Å². The Balaban J connectivity index is 1.72. The summed E-state index contributed by atoms with van der Waals surface area (Å²) in [4.78, 5) is 25.5. The molecule has 0 atom stereocenters. The zero-order chi connectivity index (χ0) is 18.5. The third-order valence-electron chi connectivity index (χ3n) is 4.21. The number of rotatable bonds is 6. The highest BCUT2D eigenvalue weighted by atomic mass is 16.6. The van der Waals surface area contributed by atoms with Crippen LogP contribution in [0, 0.1) is 10.1 Å². The smallest absolute Gasteiger partial charge is 0.288 e. The average molecular weight is 357 g/mol. The molecule has 0 saturated heterocycles. The topological polar surface area (TPSA) is 118 Å². The molecule has 1 fully saturated rings. The van der Waals surface area contributed by atoms with Gasteiger partial charge in [0.2, 0.25) is 5.88 Å². The molecule has 2 N–H and O–H groups in total. The fourth-order valence-electron chi connectivity index (χ4n) is 2.87. The fraction of sp³-hybridized carbons (Fsp3) is 0.333. The van der Waals surface area contributed by atoms with E-state index in [1.54, 1.807) is 24.3 Å². The van der Waals surface area contributed by atoms with Crippen molar-refractivity contribution in [2.45, 2.75) is 38.2 Å². The fourth-order valence-corrected chi connectivity index (χ4v) is 2.87. The summed E-state index contributed by atoms with van der Waals surface area (Å²) in [5, 5.41) is 10.8. The van der Waals surface area contributed by atoms with Crippen molar-refractivity contribution in [2.24, 2.45) is 5.73 Å². The van der Waals surface area contributed by atoms with Gasteiger partial charge in [-0.2, -0.15) is 0 Å². The molecule has 0 aliphatic heterocycles. The first kappa shape index (κ1) is 17.7. The number of carbonyl (C=O) groups is 1. The average Bonchev–Trinajstić information content (AvgIpc) is 2.64. The molecule has 1 aromatic heterocycles. The van der Waals surface area contributed by atoms with Gasteiger partial charge >= 0.3 is 0 Å². The van der Waals surface area contributed by atoms with Crippen LogP contribution in [0.4, 0.5) is 5.69 Å². The van der Waals surface area contributed by atoms with Crippen molar-refractivity contribution in [1.29, 1.82) is 0 Å². The van der Waals surface area contributed by atoms with Crippen LogP contribution in [0.1, 0.15) is 42.5 Å². The maximum atomic E-state index is 11.5. The molecule has 136 valence electrons. The lowest BCUT2D eigenvalue weighted by Gasteiger charge is -2.23. The van der Waals surface area contributed by atoms with Gasteiger partial charge in [0, 0.05) is 6.07 Å². The lowest BCUT2D eigenvalue weighted by molar-refractivity contribution is -0.385. The molecule has 0 unspecified atom stereocenters. The van der Waals surface area contributed by atoms with Crippen molar-refractivity contribution in [3.05, 3.63) is 52.2 Å². The number of carbonyl (C=O) groups excluding carboxylic acids is 1. The van der Waals surface area contributed by atoms with Crippen molar-refractivity contribution < 1.29 is 19.2 Å². The number of nitro groups is 1. The number of ether oxygens (including phenoxy) is 2. The van der Waals surface area contributed by atoms with Gasteiger partial charge in [-0.05, 0) is 49.9 Å². The first-order valence-corrected chi connectivity index (χ1v) is 8.42. The second-order valence-corrected chi connectivity index (χ2v) is 6.12. The minimum Gasteiger partial charge on any atom is -0.490 e. The van der Waals surface area contributed by atoms with Gasteiger partial charge < -0.3 is 15.2 Å². The van der Waals surface area contributed by atoms with Crippen molar-refractivity contribution in [2.75, 3.05) is 0 Å². The summed E-state index contributed by atoms with van der Waals surface area (Å²) >= 11 is 0. The molecule has 1 saturated carbocycles. The number of hydrogen-bond acceptors (Lipinski definition) is 6. The summed E-state index contributed by atoms with van der Waals surface area (Å²) in [5.74, 6) is 0.235. The van der Waals surface area contributed by atoms with Crippen LogP contribution < -0.4 is 15.2 Å². The van der Waals surface area contributed by atoms with E-state index >= 15 is 0 Å². The highest BCUT2D eigenvalue weighted by Gasteiger charge is 2.18. The highest BCUT2D eigenvalue weighted by Crippen LogP contribution is 2.29. The summed E-state index contributed by atoms with van der Waals surface area (Å²) in [6, 6.07) is 7.97. The van der Waals surface area contributed by atoms with Crippen LogP contribution in [0.5, 0.6) is 17.4 Å². The minimum atomic E-state index is -0.853. The van der Waals surface area contributed by atoms with E-state index in [2.05, 4.69) is 4.98 Å². The quantitative estimate of drug-likeness (QED) is 0.623. The van der Waals surface area contributed by atoms with E-state index in [1.165, 1.54) is 19.3 Å². The lowest BCUT2D eigenvalue weighted by Crippen LogP contribution is -2.19. The molecule has 0 bridgehead atoms. The third-order valence-corrected chi connectivity index (χ3v) is 4.21. The Hall–Kier alpha value is -3.16. The second-order valence-electron chi connectivity index (χ2n) is 6.12. The number of primary amides is 1. The van der Waals surface area contributed by atoms with Crippen molar-refractivity contribution in [3.8, 4) is 17.4 Å². The maximum absolute atomic E-state index is 11.5. The molecule has 1 aliphatic carbocycles. The largest absolute Gasteiger partial charge is 0.490 e. The SMILES string of the molecule is NC(=O)c1cc([N+](=O)[O-])cnc1Oc1ccc(OC2CCCCC2)cc1. The zero-order valence-corrected chi connectivity index (χ0v) is 14.1. The Morgan fingerprint density at radius 3 is 2.42 bits per heavy atom. The molecule has 0 radical (unpaired) electrons. The number of nitrogens with zero attached hydrogens (tertiary/aromatic N) is 2. The molecule has 26 heavy (non-hydrogen) atoms. The highest BCUT2D eigenvalue weighted by molar-refractivity contribution is 5.95. The van der Waals surface area contributed by atoms with Gasteiger partial charge in [0.1, 0.15) is 23.3 Å². The number of pyridine rings is 1. The van der Waals surface area contributed by atoms with Crippen LogP contribution >= 0.6 is 0 Å². The van der Waals surface area contributed by atoms with Crippen LogP contribution in [0.25, 0.3) is 0 Å². The van der Waals surface area contributed by atoms with Crippen LogP contribution in [0.3, 0.4) is 0 Å². The maximum Gasteiger partial charge on any atom is 0.288 e. The van der Waals surface area contributed by atoms with E-state index in [0.717, 1.165) is 30.9 Å². The number of hydrogen-bond donors (Lipinski definition) is 1. The van der Waals surface area contributed by atoms with Crippen molar-refractivity contribution >= 4 is 11.6 Å². The van der Waals surface area contributed by atoms with Gasteiger partial charge in [0.05, 0.1) is 11.0 Å². The second kappa shape index (κ2) is 7.81. The predicted octanol–water partition coefficient (Wildman–Crippen LogP) is 3.59. The molecule has 2 aromatic rings. The molecular formula is C18H19N3O5. The number of aromatic nitrogens is 1. The number of nitrogens with two attached hydrogens (primary N) is 1. The normalized spacial score (nSPS) is 14.6. The molecular weight excluding hydrogens is 338 g/mol. The third kappa shape index (κ3) is 4.27. The molecule has 1 aliphatic rings. The Morgan fingerprint density at radius 2 is 1.81 bits per heavy atom. The Bertz CT molecular complexity index is 801. The number of benzene rings is 1. The van der Waals surface area contributed by atoms with E-state index in [-0.39, 0.29) is 23.2 Å². The standard InChI is InChI=1S/C18H19N3O5/c19-17(22)16-10-12(21(23)24)11-20-18(16)26-15-8-6-14(7-9-15)25-13-4-2-1-3-5-13/h6-11,13H,1-5H2,(H2,19,22). The first-order valence-electron chi connectivity index (χ1n) is 8.42. The summed E-state index contributed by atoms with van der Waals surface area (Å²) in [6.07, 6.45) is 7.02. The van der Waals surface area contributed by atoms with Crippen LogP contribution in [-0.2, 0) is 0 Å². The summed E-state index contributed by atoms with van der Waals surface area (Å²) in [7, 11) is 0. The summed E-state index contributed by atoms with van der Waals surface area (Å²) in [6.45, 7) is 0. The van der Waals surface area contributed by atoms with E-state index in [4.69, 9.17) is 15.2 Å². The van der Waals surface area contributed by atoms with Gasteiger partial charge in [-0.25, -0.2) is 4.98 Å². The molecule has 8 heteroatoms. The predicted molar refractivity (Wildman–Crippen MR) is 93.4 cm³/mol. The Morgan fingerprint density at radius 1 is 1.15 bits per heavy atom. The molecule has 0 spiro atoms. The summed E-state index contributed by atoms with van der Waals surface area (Å²) < 4.78 is 11.5. The molecule has 3 rings (SSSR count). The van der Waals surface area contributed by atoms with Gasteiger partial charge in [-0.1, -0.05) is 6.42 Å². The van der Waals surface area contributed by atoms with E-state index < -0.39 is 10.8 Å². The molecule has 1 aromatic carbocycles. The van der Waals surface area contributed by atoms with E-state index in [1.807, 2.05) is 0 Å². The lowest BCUT2D eigenvalue weighted by atomic mass is 9.98. The van der Waals surface area contributed by atoms with Crippen LogP contribution in [0.2, 0.25) is 0 Å². The van der Waals surface area contributed by atoms with Gasteiger partial charge in [-0.3, -0.25) is 14.9 Å². The van der Waals surface area contributed by atoms with Gasteiger partial charge in [0.25, 0.3) is 11.6 Å². The van der Waals surface area contributed by atoms with Gasteiger partial charge in [-0.15, -0.1) is 0 Å². The van der Waals surface area contributed by atoms with Crippen molar-refractivity contribution in [3.63, 3.8) is 0 Å². The van der Waals surface area contributed by atoms with E-state index in [9.17, 15) is 14.9 Å². The zero-order valence-electron chi connectivity index (χ0n) is 14.1. The number of amides is 1. The molecule has 1 heterocycles. The molecule has 1 amide bonds. The summed E-state index contributed by atoms with van der Waals surface area (Å²) in [5.41, 5.74) is 4.78. The first-order chi connectivity index (χ1) is 12.5. The van der Waals surface area contributed by atoms with Crippen molar-refractivity contribution in [1.82, 2.24) is 4.98 Å². The molecule has 8 nitrogen and oxygen atoms in total. The van der Waals surface area contributed by atoms with Crippen LogP contribution in [-0.4, -0.2) is 21.9 Å². The minimum absolute atomic E-state index is 0.0796. The van der Waals surface area contributed by atoms with Crippen LogP contribution in [0.15, 0.2) is 36.5 Å². The monoisotopic (exact) mass is 357 g/mol. The van der Waals surface area contributed by atoms with Gasteiger partial charge in [0.15, 0.2) is 0 Å². The van der Waals surface area contributed by atoms with E-state index in [0.29, 0.717) is 5.75 Å².